The highest BCUT2D eigenvalue weighted by molar-refractivity contribution is 7.14. The van der Waals surface area contributed by atoms with E-state index in [0.717, 1.165) is 15.6 Å². The summed E-state index contributed by atoms with van der Waals surface area (Å²) in [6, 6.07) is 14.6. The predicted molar refractivity (Wildman–Crippen MR) is 131 cm³/mol. The van der Waals surface area contributed by atoms with Gasteiger partial charge in [0.1, 0.15) is 0 Å². The van der Waals surface area contributed by atoms with E-state index in [-0.39, 0.29) is 11.1 Å². The highest BCUT2D eigenvalue weighted by Gasteiger charge is 2.25. The van der Waals surface area contributed by atoms with Crippen LogP contribution < -0.4 is 11.1 Å². The molecule has 0 radical (unpaired) electrons. The van der Waals surface area contributed by atoms with Gasteiger partial charge in [-0.05, 0) is 31.2 Å². The van der Waals surface area contributed by atoms with E-state index in [2.05, 4.69) is 42.7 Å². The monoisotopic (exact) mass is 435 g/mol. The third-order valence-corrected chi connectivity index (χ3v) is 5.99. The van der Waals surface area contributed by atoms with Crippen LogP contribution in [0.2, 0.25) is 0 Å². The second-order valence-corrected chi connectivity index (χ2v) is 8.98. The van der Waals surface area contributed by atoms with Crippen molar-refractivity contribution in [3.05, 3.63) is 77.0 Å². The molecule has 5 nitrogen and oxygen atoms in total. The lowest BCUT2D eigenvalue weighted by atomic mass is 9.98. The van der Waals surface area contributed by atoms with Gasteiger partial charge in [-0.25, -0.2) is 19.4 Å². The fourth-order valence-electron chi connectivity index (χ4n) is 2.84. The number of rotatable bonds is 4. The van der Waals surface area contributed by atoms with Gasteiger partial charge < -0.3 is 11.1 Å². The van der Waals surface area contributed by atoms with E-state index in [1.54, 1.807) is 12.1 Å². The maximum atomic E-state index is 14.9. The van der Waals surface area contributed by atoms with Crippen molar-refractivity contribution in [1.82, 2.24) is 4.98 Å². The Balaban J connectivity index is 2.11. The summed E-state index contributed by atoms with van der Waals surface area (Å²) in [5.41, 5.74) is 8.09. The Hall–Kier alpha value is -3.32. The molecule has 0 aliphatic rings. The minimum Gasteiger partial charge on any atom is -0.396 e. The Morgan fingerprint density at radius 3 is 2.52 bits per heavy atom. The first-order valence-corrected chi connectivity index (χ1v) is 10.6. The summed E-state index contributed by atoms with van der Waals surface area (Å²) in [6.07, 6.45) is 1.42. The zero-order valence-corrected chi connectivity index (χ0v) is 18.9. The van der Waals surface area contributed by atoms with E-state index in [0.29, 0.717) is 22.9 Å². The molecule has 0 amide bonds. The molecule has 0 aliphatic heterocycles. The van der Waals surface area contributed by atoms with E-state index in [9.17, 15) is 4.39 Å². The van der Waals surface area contributed by atoms with Crippen LogP contribution in [0.1, 0.15) is 37.6 Å². The fourth-order valence-corrected chi connectivity index (χ4v) is 3.92. The van der Waals surface area contributed by atoms with Crippen LogP contribution in [-0.4, -0.2) is 16.7 Å². The highest BCUT2D eigenvalue weighted by atomic mass is 32.1. The number of nitrogen functional groups attached to an aromatic ring is 1. The molecule has 0 atom stereocenters. The van der Waals surface area contributed by atoms with Crippen molar-refractivity contribution in [3.8, 4) is 11.3 Å². The van der Waals surface area contributed by atoms with Crippen LogP contribution in [0.4, 0.5) is 15.8 Å². The molecule has 160 valence electrons. The molecule has 1 heterocycles. The minimum absolute atomic E-state index is 0.0861. The number of benzene rings is 2. The summed E-state index contributed by atoms with van der Waals surface area (Å²) in [5, 5.41) is 4.06. The summed E-state index contributed by atoms with van der Waals surface area (Å²) in [6.45, 7) is 11.8. The molecule has 31 heavy (non-hydrogen) atoms. The quantitative estimate of drug-likeness (QED) is 0.289. The first kappa shape index (κ1) is 22.4. The Morgan fingerprint density at radius 1 is 1.16 bits per heavy atom. The van der Waals surface area contributed by atoms with Gasteiger partial charge in [0.05, 0.1) is 27.0 Å². The van der Waals surface area contributed by atoms with E-state index < -0.39 is 5.82 Å². The molecular weight excluding hydrogens is 409 g/mol. The smallest absolute Gasteiger partial charge is 0.227 e. The topological polar surface area (TPSA) is 75.7 Å². The normalized spacial score (nSPS) is 12.7. The summed E-state index contributed by atoms with van der Waals surface area (Å²) in [7, 11) is 0. The Morgan fingerprint density at radius 2 is 1.87 bits per heavy atom. The number of hydrogen-bond acceptors (Lipinski definition) is 4. The number of aromatic nitrogens is 1. The van der Waals surface area contributed by atoms with Crippen LogP contribution >= 0.6 is 11.3 Å². The average molecular weight is 436 g/mol. The van der Waals surface area contributed by atoms with Gasteiger partial charge in [0.15, 0.2) is 5.82 Å². The first-order chi connectivity index (χ1) is 14.7. The van der Waals surface area contributed by atoms with Gasteiger partial charge in [0, 0.05) is 22.9 Å². The maximum Gasteiger partial charge on any atom is 0.227 e. The van der Waals surface area contributed by atoms with Gasteiger partial charge in [-0.3, -0.25) is 0 Å². The fraction of sp³-hybridized carbons (Fsp3) is 0.208. The summed E-state index contributed by atoms with van der Waals surface area (Å²) in [5.74, 6) is -0.104. The van der Waals surface area contributed by atoms with Crippen molar-refractivity contribution in [3.63, 3.8) is 0 Å². The van der Waals surface area contributed by atoms with E-state index in [1.165, 1.54) is 23.6 Å². The largest absolute Gasteiger partial charge is 0.396 e. The zero-order valence-electron chi connectivity index (χ0n) is 18.1. The number of halogens is 1. The predicted octanol–water partition coefficient (Wildman–Crippen LogP) is 6.25. The molecule has 0 aliphatic carbocycles. The molecule has 2 aromatic carbocycles. The van der Waals surface area contributed by atoms with E-state index in [1.807, 2.05) is 37.3 Å². The van der Waals surface area contributed by atoms with Crippen LogP contribution in [0.15, 0.2) is 71.3 Å². The Labute approximate surface area is 186 Å². The van der Waals surface area contributed by atoms with Gasteiger partial charge in [0.2, 0.25) is 5.96 Å². The van der Waals surface area contributed by atoms with Crippen LogP contribution in [0.25, 0.3) is 11.3 Å². The molecule has 0 spiro atoms. The summed E-state index contributed by atoms with van der Waals surface area (Å²) < 4.78 is 14.9. The number of anilines is 2. The van der Waals surface area contributed by atoms with Gasteiger partial charge in [0.25, 0.3) is 0 Å². The van der Waals surface area contributed by atoms with Crippen molar-refractivity contribution < 1.29 is 4.39 Å². The van der Waals surface area contributed by atoms with Crippen molar-refractivity contribution >= 4 is 34.4 Å². The number of nitrogens with two attached hydrogens (primary N) is 1. The lowest BCUT2D eigenvalue weighted by molar-refractivity contribution is 0.585. The maximum absolute atomic E-state index is 14.9. The molecule has 1 aromatic heterocycles. The average Bonchev–Trinajstić information content (AvgIpc) is 3.17. The van der Waals surface area contributed by atoms with Crippen molar-refractivity contribution in [2.75, 3.05) is 11.1 Å². The number of guanidine groups is 1. The molecule has 3 rings (SSSR count). The van der Waals surface area contributed by atoms with E-state index >= 15 is 0 Å². The second kappa shape index (κ2) is 9.22. The van der Waals surface area contributed by atoms with Crippen molar-refractivity contribution in [1.29, 1.82) is 0 Å². The third kappa shape index (κ3) is 5.24. The third-order valence-electron chi connectivity index (χ3n) is 4.40. The number of nitrogens with zero attached hydrogens (tertiary/aromatic N) is 3. The summed E-state index contributed by atoms with van der Waals surface area (Å²) >= 11 is 1.49. The van der Waals surface area contributed by atoms with Crippen LogP contribution in [0.3, 0.4) is 0 Å². The van der Waals surface area contributed by atoms with Crippen LogP contribution in [0, 0.1) is 5.82 Å². The van der Waals surface area contributed by atoms with Crippen molar-refractivity contribution in [2.45, 2.75) is 33.1 Å². The number of para-hydroxylation sites is 1. The Kier molecular flexibility index (Phi) is 6.65. The SMILES string of the molecule is C=C/N=C(\N=C(/C)c1sc(C(C)(C)C)nc1-c1cccc(N)c1F)Nc1ccccc1. The lowest BCUT2D eigenvalue weighted by Crippen LogP contribution is -2.11. The Bertz CT molecular complexity index is 1140. The molecule has 0 saturated heterocycles. The second-order valence-electron chi connectivity index (χ2n) is 7.98. The standard InChI is InChI=1S/C24H26FN5S/c1-6-27-23(29-16-11-8-7-9-12-16)28-15(2)21-20(30-22(31-21)24(3,4)5)17-13-10-14-18(26)19(17)25/h6-14H,1,26H2,2-5H3,(H,27,29)/b28-15+. The molecule has 0 saturated carbocycles. The number of aliphatic imine (C=N–C) groups is 2. The molecular formula is C24H26FN5S. The minimum atomic E-state index is -0.482. The lowest BCUT2D eigenvalue weighted by Gasteiger charge is -2.13. The number of hydrogen-bond donors (Lipinski definition) is 2. The first-order valence-electron chi connectivity index (χ1n) is 9.83. The molecule has 0 fully saturated rings. The molecule has 3 aromatic rings. The van der Waals surface area contributed by atoms with Gasteiger partial charge >= 0.3 is 0 Å². The molecule has 0 bridgehead atoms. The molecule has 7 heteroatoms. The van der Waals surface area contributed by atoms with Gasteiger partial charge in [-0.1, -0.05) is 51.6 Å². The van der Waals surface area contributed by atoms with Crippen LogP contribution in [-0.2, 0) is 5.41 Å². The van der Waals surface area contributed by atoms with Crippen LogP contribution in [0.5, 0.6) is 0 Å². The van der Waals surface area contributed by atoms with E-state index in [4.69, 9.17) is 10.7 Å². The number of thiazole rings is 1. The zero-order chi connectivity index (χ0) is 22.6. The highest BCUT2D eigenvalue weighted by Crippen LogP contribution is 2.36. The van der Waals surface area contributed by atoms with Gasteiger partial charge in [-0.2, -0.15) is 0 Å². The molecule has 0 unspecified atom stereocenters. The van der Waals surface area contributed by atoms with Crippen molar-refractivity contribution in [2.24, 2.45) is 9.98 Å². The number of nitrogens with one attached hydrogen (secondary N) is 1. The summed E-state index contributed by atoms with van der Waals surface area (Å²) in [4.78, 5) is 14.5. The van der Waals surface area contributed by atoms with Gasteiger partial charge in [-0.15, -0.1) is 11.3 Å². The molecule has 3 N–H and O–H groups in total.